The lowest BCUT2D eigenvalue weighted by Crippen LogP contribution is -2.42. The molecule has 2 amide bonds. The Kier molecular flexibility index (Phi) is 15.3. The minimum atomic E-state index is -0.524. The molecule has 0 radical (unpaired) electrons. The van der Waals surface area contributed by atoms with Crippen molar-refractivity contribution in [3.05, 3.63) is 146 Å². The number of anilines is 4. The van der Waals surface area contributed by atoms with Crippen molar-refractivity contribution in [3.8, 4) is 23.3 Å². The van der Waals surface area contributed by atoms with E-state index in [9.17, 15) is 9.59 Å². The van der Waals surface area contributed by atoms with Crippen molar-refractivity contribution >= 4 is 57.3 Å². The molecule has 2 N–H and O–H groups in total. The predicted octanol–water partition coefficient (Wildman–Crippen LogP) is 12.1. The fraction of sp³-hybridized carbons (Fsp3) is 0.321. The third kappa shape index (κ3) is 13.5. The van der Waals surface area contributed by atoms with E-state index in [1.54, 1.807) is 34.3 Å². The van der Waals surface area contributed by atoms with E-state index in [0.717, 1.165) is 71.0 Å². The standard InChI is InChI=1S/2C28H30N6O3/c2*1-28(2,3)37-27(35)34-15-7-8-19(17-34)22-12-13-23-25(33-22)26(31-18-30-23)32-20-11-14-24(29-16-20)36-21-9-5-4-6-10-21/h2*4-6,9-14,16,18-19H,7-8,15,17H2,1-3H3,(H,30,31,32)/t19-;/m1./s1. The number of likely N-dealkylation sites (tertiary alicyclic amines) is 2. The average molecular weight is 997 g/mol. The zero-order chi connectivity index (χ0) is 51.7. The molecule has 0 aliphatic carbocycles. The number of nitrogens with one attached hydrogen (secondary N) is 2. The first-order chi connectivity index (χ1) is 35.7. The Morgan fingerprint density at radius 3 is 1.31 bits per heavy atom. The van der Waals surface area contributed by atoms with Crippen LogP contribution in [0.1, 0.15) is 90.4 Å². The number of fused-ring (bicyclic) bond motifs is 2. The zero-order valence-electron chi connectivity index (χ0n) is 42.4. The third-order valence-corrected chi connectivity index (χ3v) is 11.9. The fourth-order valence-electron chi connectivity index (χ4n) is 8.49. The lowest BCUT2D eigenvalue weighted by Gasteiger charge is -2.34. The van der Waals surface area contributed by atoms with Gasteiger partial charge in [-0.25, -0.2) is 49.5 Å². The van der Waals surface area contributed by atoms with E-state index in [2.05, 4.69) is 40.5 Å². The lowest BCUT2D eigenvalue weighted by molar-refractivity contribution is 0.0187. The van der Waals surface area contributed by atoms with Crippen LogP contribution in [0.5, 0.6) is 23.3 Å². The molecule has 2 fully saturated rings. The normalized spacial score (nSPS) is 15.9. The van der Waals surface area contributed by atoms with Gasteiger partial charge in [0.25, 0.3) is 0 Å². The van der Waals surface area contributed by atoms with Gasteiger partial charge >= 0.3 is 12.2 Å². The van der Waals surface area contributed by atoms with Crippen LogP contribution >= 0.6 is 0 Å². The van der Waals surface area contributed by atoms with Gasteiger partial charge in [-0.15, -0.1) is 0 Å². The molecule has 0 saturated carbocycles. The Hall–Kier alpha value is -8.54. The fourth-order valence-corrected chi connectivity index (χ4v) is 8.49. The van der Waals surface area contributed by atoms with Crippen molar-refractivity contribution in [2.45, 2.75) is 90.3 Å². The number of pyridine rings is 4. The Morgan fingerprint density at radius 1 is 0.514 bits per heavy atom. The van der Waals surface area contributed by atoms with Gasteiger partial charge in [0.1, 0.15) is 46.4 Å². The number of hydrogen-bond acceptors (Lipinski definition) is 16. The molecule has 0 spiro atoms. The molecule has 74 heavy (non-hydrogen) atoms. The number of amides is 2. The van der Waals surface area contributed by atoms with Gasteiger partial charge in [0.2, 0.25) is 11.8 Å². The van der Waals surface area contributed by atoms with Crippen molar-refractivity contribution in [2.24, 2.45) is 0 Å². The van der Waals surface area contributed by atoms with Crippen LogP contribution < -0.4 is 20.1 Å². The molecule has 10 rings (SSSR count). The van der Waals surface area contributed by atoms with Crippen molar-refractivity contribution < 1.29 is 28.5 Å². The number of benzene rings is 2. The molecule has 0 bridgehead atoms. The summed E-state index contributed by atoms with van der Waals surface area (Å²) in [6.07, 6.45) is 9.51. The molecule has 18 heteroatoms. The first-order valence-electron chi connectivity index (χ1n) is 24.8. The maximum Gasteiger partial charge on any atom is 0.410 e. The molecular weight excluding hydrogens is 937 g/mol. The molecule has 2 saturated heterocycles. The van der Waals surface area contributed by atoms with E-state index in [4.69, 9.17) is 28.9 Å². The number of ether oxygens (including phenoxy) is 4. The monoisotopic (exact) mass is 996 g/mol. The summed E-state index contributed by atoms with van der Waals surface area (Å²) in [7, 11) is 0. The summed E-state index contributed by atoms with van der Waals surface area (Å²) in [5.41, 5.74) is 5.07. The second-order valence-electron chi connectivity index (χ2n) is 20.0. The van der Waals surface area contributed by atoms with Crippen molar-refractivity contribution in [3.63, 3.8) is 0 Å². The smallest absolute Gasteiger partial charge is 0.410 e. The highest BCUT2D eigenvalue weighted by atomic mass is 16.6. The highest BCUT2D eigenvalue weighted by Crippen LogP contribution is 2.33. The van der Waals surface area contributed by atoms with Crippen molar-refractivity contribution in [1.82, 2.24) is 49.7 Å². The summed E-state index contributed by atoms with van der Waals surface area (Å²) >= 11 is 0. The van der Waals surface area contributed by atoms with Crippen LogP contribution in [0.15, 0.2) is 134 Å². The SMILES string of the molecule is CC(C)(C)OC(=O)N1CCCC(c2ccc3ncnc(Nc4ccc(Oc5ccccc5)nc4)c3n2)C1.CC(C)(C)OC(=O)N1CCC[C@@H](c2ccc3ncnc(Nc4ccc(Oc5ccccc5)nc4)c3n2)C1. The van der Waals surface area contributed by atoms with Gasteiger partial charge in [-0.05, 0) is 128 Å². The van der Waals surface area contributed by atoms with Gasteiger partial charge in [0.15, 0.2) is 11.6 Å². The number of nitrogens with zero attached hydrogens (tertiary/aromatic N) is 10. The third-order valence-electron chi connectivity index (χ3n) is 11.9. The zero-order valence-corrected chi connectivity index (χ0v) is 42.4. The Bertz CT molecular complexity index is 2960. The number of aromatic nitrogens is 8. The van der Waals surface area contributed by atoms with E-state index < -0.39 is 11.2 Å². The Labute approximate surface area is 430 Å². The van der Waals surface area contributed by atoms with Crippen LogP contribution in [0, 0.1) is 0 Å². The Morgan fingerprint density at radius 2 is 0.932 bits per heavy atom. The van der Waals surface area contributed by atoms with Crippen LogP contribution in [-0.4, -0.2) is 99.2 Å². The molecule has 2 atom stereocenters. The van der Waals surface area contributed by atoms with E-state index in [1.165, 1.54) is 12.7 Å². The second-order valence-corrected chi connectivity index (χ2v) is 20.0. The molecular formula is C56H60N12O6. The summed E-state index contributed by atoms with van der Waals surface area (Å²) in [4.78, 5) is 65.1. The van der Waals surface area contributed by atoms with Crippen molar-refractivity contribution in [1.29, 1.82) is 0 Å². The summed E-state index contributed by atoms with van der Waals surface area (Å²) in [6.45, 7) is 13.8. The van der Waals surface area contributed by atoms with Gasteiger partial charge in [-0.1, -0.05) is 36.4 Å². The van der Waals surface area contributed by atoms with Crippen LogP contribution in [0.25, 0.3) is 22.1 Å². The first-order valence-corrected chi connectivity index (χ1v) is 24.8. The van der Waals surface area contributed by atoms with Gasteiger partial charge in [0.05, 0.1) is 34.8 Å². The van der Waals surface area contributed by atoms with E-state index in [1.807, 2.05) is 139 Å². The first kappa shape index (κ1) is 50.4. The summed E-state index contributed by atoms with van der Waals surface area (Å²) in [6, 6.07) is 34.3. The van der Waals surface area contributed by atoms with Crippen LogP contribution in [0.4, 0.5) is 32.6 Å². The molecule has 1 unspecified atom stereocenters. The maximum atomic E-state index is 12.6. The second kappa shape index (κ2) is 22.5. The van der Waals surface area contributed by atoms with Gasteiger partial charge in [0, 0.05) is 61.5 Å². The summed E-state index contributed by atoms with van der Waals surface area (Å²) < 4.78 is 22.7. The van der Waals surface area contributed by atoms with E-state index >= 15 is 0 Å². The maximum absolute atomic E-state index is 12.6. The van der Waals surface area contributed by atoms with E-state index in [-0.39, 0.29) is 24.0 Å². The summed E-state index contributed by atoms with van der Waals surface area (Å²) in [5, 5.41) is 6.61. The average Bonchev–Trinajstić information content (AvgIpc) is 3.40. The summed E-state index contributed by atoms with van der Waals surface area (Å²) in [5.74, 6) is 3.83. The molecule has 2 aliphatic heterocycles. The van der Waals surface area contributed by atoms with Gasteiger partial charge < -0.3 is 39.4 Å². The molecule has 8 aromatic rings. The molecule has 2 aromatic carbocycles. The molecule has 380 valence electrons. The Balaban J connectivity index is 0.000000182. The number of para-hydroxylation sites is 2. The number of piperidine rings is 2. The highest BCUT2D eigenvalue weighted by Gasteiger charge is 2.31. The minimum Gasteiger partial charge on any atom is -0.444 e. The number of rotatable bonds is 10. The number of carbonyl (C=O) groups excluding carboxylic acids is 2. The van der Waals surface area contributed by atoms with Crippen LogP contribution in [-0.2, 0) is 9.47 Å². The van der Waals surface area contributed by atoms with E-state index in [0.29, 0.717) is 60.6 Å². The topological polar surface area (TPSA) is 205 Å². The molecule has 2 aliphatic rings. The van der Waals surface area contributed by atoms with Gasteiger partial charge in [-0.2, -0.15) is 0 Å². The molecule has 6 aromatic heterocycles. The molecule has 18 nitrogen and oxygen atoms in total. The number of hydrogen-bond donors (Lipinski definition) is 2. The van der Waals surface area contributed by atoms with Gasteiger partial charge in [-0.3, -0.25) is 0 Å². The number of carbonyl (C=O) groups is 2. The van der Waals surface area contributed by atoms with Crippen LogP contribution in [0.2, 0.25) is 0 Å². The minimum absolute atomic E-state index is 0.106. The highest BCUT2D eigenvalue weighted by molar-refractivity contribution is 5.88. The largest absolute Gasteiger partial charge is 0.444 e. The predicted molar refractivity (Wildman–Crippen MR) is 282 cm³/mol. The van der Waals surface area contributed by atoms with Crippen molar-refractivity contribution in [2.75, 3.05) is 36.8 Å². The van der Waals surface area contributed by atoms with Crippen LogP contribution in [0.3, 0.4) is 0 Å². The molecule has 8 heterocycles. The lowest BCUT2D eigenvalue weighted by atomic mass is 9.94. The quantitative estimate of drug-likeness (QED) is 0.131.